The van der Waals surface area contributed by atoms with Crippen LogP contribution in [-0.4, -0.2) is 27.0 Å². The Labute approximate surface area is 192 Å². The third-order valence-corrected chi connectivity index (χ3v) is 5.56. The number of ether oxygens (including phenoxy) is 2. The first kappa shape index (κ1) is 22.3. The van der Waals surface area contributed by atoms with Gasteiger partial charge in [-0.3, -0.25) is 10.2 Å². The van der Waals surface area contributed by atoms with E-state index < -0.39 is 17.6 Å². The van der Waals surface area contributed by atoms with E-state index in [4.69, 9.17) is 9.47 Å². The molecule has 2 aromatic carbocycles. The van der Waals surface area contributed by atoms with Crippen LogP contribution in [0, 0.1) is 0 Å². The molecule has 1 saturated heterocycles. The standard InChI is InChI=1S/C25H26N4O4/c1-3-4-10-22(18-15-26-17-27-16-18)32-21-13-11-19(12-14-21)25(2)23(30)29(24(31)33-25)28-20-8-6-5-7-9-20/h5-9,11-17,22,28H,3-4,10H2,1-2H3. The van der Waals surface area contributed by atoms with E-state index in [1.807, 2.05) is 18.2 Å². The fourth-order valence-electron chi connectivity index (χ4n) is 3.66. The molecule has 1 N–H and O–H groups in total. The summed E-state index contributed by atoms with van der Waals surface area (Å²) in [4.78, 5) is 33.7. The largest absolute Gasteiger partial charge is 0.486 e. The summed E-state index contributed by atoms with van der Waals surface area (Å²) in [6, 6.07) is 16.0. The molecule has 0 spiro atoms. The Bertz CT molecular complexity index is 1090. The van der Waals surface area contributed by atoms with Crippen LogP contribution >= 0.6 is 0 Å². The van der Waals surface area contributed by atoms with Crippen molar-refractivity contribution in [2.75, 3.05) is 5.43 Å². The monoisotopic (exact) mass is 446 g/mol. The summed E-state index contributed by atoms with van der Waals surface area (Å²) in [6.07, 6.45) is 6.96. The Morgan fingerprint density at radius 3 is 2.42 bits per heavy atom. The first-order chi connectivity index (χ1) is 16.0. The molecule has 2 heterocycles. The fourth-order valence-corrected chi connectivity index (χ4v) is 3.66. The molecule has 33 heavy (non-hydrogen) atoms. The highest BCUT2D eigenvalue weighted by Crippen LogP contribution is 2.36. The lowest BCUT2D eigenvalue weighted by Crippen LogP contribution is -2.40. The van der Waals surface area contributed by atoms with E-state index in [9.17, 15) is 9.59 Å². The minimum atomic E-state index is -1.44. The molecular formula is C25H26N4O4. The number of benzene rings is 2. The zero-order chi connectivity index (χ0) is 23.3. The lowest BCUT2D eigenvalue weighted by molar-refractivity contribution is -0.135. The van der Waals surface area contributed by atoms with E-state index >= 15 is 0 Å². The molecule has 4 rings (SSSR count). The van der Waals surface area contributed by atoms with Gasteiger partial charge in [0.15, 0.2) is 0 Å². The van der Waals surface area contributed by atoms with Crippen LogP contribution in [0.5, 0.6) is 5.75 Å². The average Bonchev–Trinajstić information content (AvgIpc) is 3.07. The number of carbonyl (C=O) groups excluding carboxylic acids is 2. The highest BCUT2D eigenvalue weighted by Gasteiger charge is 2.52. The Hall–Kier alpha value is -3.94. The van der Waals surface area contributed by atoms with Gasteiger partial charge in [-0.05, 0) is 44.0 Å². The summed E-state index contributed by atoms with van der Waals surface area (Å²) >= 11 is 0. The molecule has 0 aliphatic carbocycles. The van der Waals surface area contributed by atoms with Gasteiger partial charge in [0.1, 0.15) is 18.2 Å². The zero-order valence-corrected chi connectivity index (χ0v) is 18.6. The lowest BCUT2D eigenvalue weighted by Gasteiger charge is -2.22. The van der Waals surface area contributed by atoms with E-state index in [1.165, 1.54) is 6.33 Å². The topological polar surface area (TPSA) is 93.7 Å². The van der Waals surface area contributed by atoms with Crippen molar-refractivity contribution >= 4 is 17.7 Å². The average molecular weight is 447 g/mol. The number of rotatable bonds is 9. The molecule has 1 fully saturated rings. The summed E-state index contributed by atoms with van der Waals surface area (Å²) < 4.78 is 11.7. The normalized spacial score (nSPS) is 18.7. The Balaban J connectivity index is 1.50. The summed E-state index contributed by atoms with van der Waals surface area (Å²) in [5.74, 6) is 0.149. The van der Waals surface area contributed by atoms with Gasteiger partial charge in [0.2, 0.25) is 5.60 Å². The highest BCUT2D eigenvalue weighted by molar-refractivity contribution is 6.04. The molecule has 8 nitrogen and oxygen atoms in total. The highest BCUT2D eigenvalue weighted by atomic mass is 16.6. The van der Waals surface area contributed by atoms with Gasteiger partial charge in [0, 0.05) is 23.5 Å². The SMILES string of the molecule is CCCCC(Oc1ccc(C2(C)OC(=O)N(Nc3ccccc3)C2=O)cc1)c1cncnc1. The maximum atomic E-state index is 13.1. The molecule has 8 heteroatoms. The van der Waals surface area contributed by atoms with Crippen molar-refractivity contribution < 1.29 is 19.1 Å². The fraction of sp³-hybridized carbons (Fsp3) is 0.280. The molecular weight excluding hydrogens is 420 g/mol. The zero-order valence-electron chi connectivity index (χ0n) is 18.6. The number of anilines is 1. The molecule has 1 aromatic heterocycles. The smallest absolute Gasteiger partial charge is 0.437 e. The summed E-state index contributed by atoms with van der Waals surface area (Å²) in [5, 5.41) is 0.899. The summed E-state index contributed by atoms with van der Waals surface area (Å²) in [6.45, 7) is 3.71. The minimum absolute atomic E-state index is 0.177. The van der Waals surface area contributed by atoms with Gasteiger partial charge in [-0.15, -0.1) is 5.01 Å². The van der Waals surface area contributed by atoms with Crippen molar-refractivity contribution in [2.24, 2.45) is 0 Å². The number of amides is 2. The number of aromatic nitrogens is 2. The third kappa shape index (κ3) is 4.79. The Morgan fingerprint density at radius 2 is 1.76 bits per heavy atom. The van der Waals surface area contributed by atoms with Crippen LogP contribution in [0.3, 0.4) is 0 Å². The van der Waals surface area contributed by atoms with E-state index in [1.54, 1.807) is 55.7 Å². The van der Waals surface area contributed by atoms with Crippen molar-refractivity contribution in [2.45, 2.75) is 44.8 Å². The van der Waals surface area contributed by atoms with Crippen molar-refractivity contribution in [1.82, 2.24) is 15.0 Å². The number of hydrogen-bond donors (Lipinski definition) is 1. The van der Waals surface area contributed by atoms with Gasteiger partial charge in [-0.1, -0.05) is 43.7 Å². The minimum Gasteiger partial charge on any atom is -0.486 e. The molecule has 2 atom stereocenters. The summed E-state index contributed by atoms with van der Waals surface area (Å²) in [5.41, 5.74) is 3.45. The molecule has 0 saturated carbocycles. The number of nitrogens with zero attached hydrogens (tertiary/aromatic N) is 3. The number of unbranched alkanes of at least 4 members (excludes halogenated alkanes) is 1. The van der Waals surface area contributed by atoms with E-state index in [0.717, 1.165) is 29.8 Å². The van der Waals surface area contributed by atoms with Gasteiger partial charge in [0.25, 0.3) is 5.91 Å². The van der Waals surface area contributed by atoms with Crippen LogP contribution in [0.15, 0.2) is 73.3 Å². The number of cyclic esters (lactones) is 1. The number of para-hydroxylation sites is 1. The second-order valence-electron chi connectivity index (χ2n) is 7.96. The van der Waals surface area contributed by atoms with E-state index in [2.05, 4.69) is 22.3 Å². The summed E-state index contributed by atoms with van der Waals surface area (Å²) in [7, 11) is 0. The Kier molecular flexibility index (Phi) is 6.53. The lowest BCUT2D eigenvalue weighted by atomic mass is 9.95. The quantitative estimate of drug-likeness (QED) is 0.494. The van der Waals surface area contributed by atoms with Gasteiger partial charge >= 0.3 is 6.09 Å². The number of hydrogen-bond acceptors (Lipinski definition) is 7. The molecule has 0 radical (unpaired) electrons. The van der Waals surface area contributed by atoms with Gasteiger partial charge < -0.3 is 9.47 Å². The maximum Gasteiger partial charge on any atom is 0.437 e. The van der Waals surface area contributed by atoms with Crippen LogP contribution in [0.2, 0.25) is 0 Å². The van der Waals surface area contributed by atoms with Gasteiger partial charge in [-0.2, -0.15) is 0 Å². The molecule has 2 unspecified atom stereocenters. The molecule has 3 aromatic rings. The van der Waals surface area contributed by atoms with Gasteiger partial charge in [0.05, 0.1) is 5.69 Å². The third-order valence-electron chi connectivity index (χ3n) is 5.56. The molecule has 2 amide bonds. The first-order valence-electron chi connectivity index (χ1n) is 10.9. The number of hydrazine groups is 1. The van der Waals surface area contributed by atoms with Crippen LogP contribution < -0.4 is 10.2 Å². The predicted octanol–water partition coefficient (Wildman–Crippen LogP) is 5.01. The second-order valence-corrected chi connectivity index (χ2v) is 7.96. The first-order valence-corrected chi connectivity index (χ1v) is 10.9. The van der Waals surface area contributed by atoms with Crippen LogP contribution in [0.4, 0.5) is 10.5 Å². The number of carbonyl (C=O) groups is 2. The molecule has 0 bridgehead atoms. The number of imide groups is 1. The van der Waals surface area contributed by atoms with Crippen molar-refractivity contribution in [1.29, 1.82) is 0 Å². The van der Waals surface area contributed by atoms with Crippen LogP contribution in [0.25, 0.3) is 0 Å². The van der Waals surface area contributed by atoms with Crippen molar-refractivity contribution in [3.8, 4) is 5.75 Å². The molecule has 170 valence electrons. The van der Waals surface area contributed by atoms with E-state index in [-0.39, 0.29) is 6.10 Å². The van der Waals surface area contributed by atoms with Crippen LogP contribution in [-0.2, 0) is 15.1 Å². The van der Waals surface area contributed by atoms with Crippen LogP contribution in [0.1, 0.15) is 50.3 Å². The van der Waals surface area contributed by atoms with Crippen molar-refractivity contribution in [3.05, 3.63) is 84.4 Å². The van der Waals surface area contributed by atoms with E-state index in [0.29, 0.717) is 17.0 Å². The maximum absolute atomic E-state index is 13.1. The second kappa shape index (κ2) is 9.68. The molecule has 1 aliphatic heterocycles. The van der Waals surface area contributed by atoms with Crippen molar-refractivity contribution in [3.63, 3.8) is 0 Å². The molecule has 1 aliphatic rings. The predicted molar refractivity (Wildman–Crippen MR) is 122 cm³/mol. The van der Waals surface area contributed by atoms with Gasteiger partial charge in [-0.25, -0.2) is 14.8 Å². The number of nitrogens with one attached hydrogen (secondary N) is 1. The Morgan fingerprint density at radius 1 is 1.06 bits per heavy atom.